The van der Waals surface area contributed by atoms with Crippen LogP contribution in [-0.2, 0) is 0 Å². The summed E-state index contributed by atoms with van der Waals surface area (Å²) < 4.78 is 0. The molecule has 0 saturated carbocycles. The van der Waals surface area contributed by atoms with Gasteiger partial charge in [-0.25, -0.2) is 9.97 Å². The highest BCUT2D eigenvalue weighted by atomic mass is 32.2. The highest BCUT2D eigenvalue weighted by Crippen LogP contribution is 2.48. The van der Waals surface area contributed by atoms with Crippen molar-refractivity contribution in [1.82, 2.24) is 15.3 Å². The van der Waals surface area contributed by atoms with Crippen molar-refractivity contribution in [2.24, 2.45) is 4.99 Å². The second kappa shape index (κ2) is 14.4. The second-order valence-electron chi connectivity index (χ2n) is 12.3. The molecule has 0 amide bonds. The third-order valence-corrected chi connectivity index (χ3v) is 11.5. The lowest BCUT2D eigenvalue weighted by molar-refractivity contribution is 0.669. The minimum Gasteiger partial charge on any atom is -0.360 e. The zero-order chi connectivity index (χ0) is 33.9. The smallest absolute Gasteiger partial charge is 0.160 e. The summed E-state index contributed by atoms with van der Waals surface area (Å²) in [4.78, 5) is 20.5. The molecule has 4 nitrogen and oxygen atoms in total. The summed E-state index contributed by atoms with van der Waals surface area (Å²) in [5.41, 5.74) is 10.3. The van der Waals surface area contributed by atoms with E-state index < -0.39 is 0 Å². The van der Waals surface area contributed by atoms with Crippen molar-refractivity contribution in [3.05, 3.63) is 169 Å². The third-order valence-electron chi connectivity index (χ3n) is 8.96. The first-order valence-electron chi connectivity index (χ1n) is 17.0. The minimum absolute atomic E-state index is 0.135. The largest absolute Gasteiger partial charge is 0.360 e. The zero-order valence-corrected chi connectivity index (χ0v) is 29.5. The standard InChI is InChI=1S/C44H36N4S2/c1-3-13-29(4-2)35-27-36(30-14-7-5-8-15-30)46-44(45-35)33-22-20-31(21-23-33)37-28-38(48-43(47-37)32-16-9-6-10-17-32)34-24-25-41-42(26-34)50-40-19-12-11-18-39(40)49-41/h4-9,11-16,18-28,43,47H,2-3,10,17H2,1H3/b29-13+. The van der Waals surface area contributed by atoms with Gasteiger partial charge in [0, 0.05) is 42.0 Å². The van der Waals surface area contributed by atoms with Gasteiger partial charge in [0.2, 0.25) is 0 Å². The Hall–Kier alpha value is -5.17. The molecule has 2 aliphatic heterocycles. The van der Waals surface area contributed by atoms with Gasteiger partial charge in [0.15, 0.2) is 5.82 Å². The molecular formula is C44H36N4S2. The number of nitrogens with zero attached hydrogens (tertiary/aromatic N) is 3. The van der Waals surface area contributed by atoms with Crippen molar-refractivity contribution in [1.29, 1.82) is 0 Å². The molecule has 1 atom stereocenters. The van der Waals surface area contributed by atoms with Crippen LogP contribution < -0.4 is 5.32 Å². The number of rotatable bonds is 8. The van der Waals surface area contributed by atoms with Gasteiger partial charge in [-0.3, -0.25) is 4.99 Å². The Labute approximate surface area is 302 Å². The normalized spacial score (nSPS) is 16.7. The third kappa shape index (κ3) is 6.69. The van der Waals surface area contributed by atoms with Crippen molar-refractivity contribution < 1.29 is 0 Å². The molecule has 1 aliphatic carbocycles. The summed E-state index contributed by atoms with van der Waals surface area (Å²) in [6, 6.07) is 36.3. The van der Waals surface area contributed by atoms with Gasteiger partial charge in [-0.15, -0.1) is 0 Å². The maximum Gasteiger partial charge on any atom is 0.160 e. The number of aromatic nitrogens is 2. The van der Waals surface area contributed by atoms with Gasteiger partial charge >= 0.3 is 0 Å². The highest BCUT2D eigenvalue weighted by molar-refractivity contribution is 8.05. The molecule has 1 N–H and O–H groups in total. The van der Waals surface area contributed by atoms with E-state index in [2.05, 4.69) is 134 Å². The maximum atomic E-state index is 5.28. The number of benzene rings is 4. The van der Waals surface area contributed by atoms with Crippen LogP contribution in [0.1, 0.15) is 43.0 Å². The van der Waals surface area contributed by atoms with E-state index in [0.29, 0.717) is 5.82 Å². The van der Waals surface area contributed by atoms with Gasteiger partial charge < -0.3 is 5.32 Å². The van der Waals surface area contributed by atoms with Crippen LogP contribution in [0, 0.1) is 0 Å². The Bertz CT molecular complexity index is 2240. The quantitative estimate of drug-likeness (QED) is 0.162. The summed E-state index contributed by atoms with van der Waals surface area (Å²) in [5.74, 6) is 0.688. The molecule has 8 rings (SSSR count). The molecule has 3 heterocycles. The van der Waals surface area contributed by atoms with E-state index >= 15 is 0 Å². The Morgan fingerprint density at radius 2 is 1.52 bits per heavy atom. The molecular weight excluding hydrogens is 649 g/mol. The molecule has 1 unspecified atom stereocenters. The van der Waals surface area contributed by atoms with Crippen LogP contribution >= 0.6 is 23.5 Å². The van der Waals surface area contributed by atoms with Crippen LogP contribution in [0.4, 0.5) is 0 Å². The maximum absolute atomic E-state index is 5.28. The molecule has 3 aliphatic rings. The zero-order valence-electron chi connectivity index (χ0n) is 27.8. The van der Waals surface area contributed by atoms with Crippen LogP contribution in [0.2, 0.25) is 0 Å². The van der Waals surface area contributed by atoms with Gasteiger partial charge in [0.25, 0.3) is 0 Å². The Morgan fingerprint density at radius 3 is 2.26 bits per heavy atom. The lowest BCUT2D eigenvalue weighted by Gasteiger charge is -2.27. The number of allylic oxidation sites excluding steroid dienone is 7. The van der Waals surface area contributed by atoms with Gasteiger partial charge in [-0.2, -0.15) is 0 Å². The van der Waals surface area contributed by atoms with Crippen LogP contribution in [-0.4, -0.2) is 21.8 Å². The van der Waals surface area contributed by atoms with Crippen LogP contribution in [0.25, 0.3) is 33.9 Å². The molecule has 0 saturated heterocycles. The molecule has 4 aromatic carbocycles. The monoisotopic (exact) mass is 684 g/mol. The van der Waals surface area contributed by atoms with E-state index in [-0.39, 0.29) is 6.17 Å². The fourth-order valence-electron chi connectivity index (χ4n) is 6.36. The molecule has 244 valence electrons. The number of fused-ring (bicyclic) bond motifs is 2. The topological polar surface area (TPSA) is 50.2 Å². The summed E-state index contributed by atoms with van der Waals surface area (Å²) in [6.07, 6.45) is 15.6. The van der Waals surface area contributed by atoms with E-state index in [1.807, 2.05) is 47.8 Å². The van der Waals surface area contributed by atoms with Crippen LogP contribution in [0.3, 0.4) is 0 Å². The van der Waals surface area contributed by atoms with Crippen LogP contribution in [0.15, 0.2) is 176 Å². The lowest BCUT2D eigenvalue weighted by Crippen LogP contribution is -2.33. The number of nitrogens with one attached hydrogen (secondary N) is 1. The minimum atomic E-state index is -0.135. The molecule has 0 radical (unpaired) electrons. The Balaban J connectivity index is 1.15. The fraction of sp³-hybridized carbons (Fsp3) is 0.114. The van der Waals surface area contributed by atoms with E-state index in [0.717, 1.165) is 69.9 Å². The number of hydrogen-bond donors (Lipinski definition) is 1. The van der Waals surface area contributed by atoms with Gasteiger partial charge in [0.05, 0.1) is 17.1 Å². The summed E-state index contributed by atoms with van der Waals surface area (Å²) >= 11 is 3.68. The average Bonchev–Trinajstić information content (AvgIpc) is 3.19. The first-order valence-corrected chi connectivity index (χ1v) is 18.7. The number of hydrogen-bond acceptors (Lipinski definition) is 6. The molecule has 0 bridgehead atoms. The van der Waals surface area contributed by atoms with Crippen molar-refractivity contribution in [2.75, 3.05) is 0 Å². The molecule has 6 heteroatoms. The highest BCUT2D eigenvalue weighted by Gasteiger charge is 2.23. The first-order chi connectivity index (χ1) is 24.6. The van der Waals surface area contributed by atoms with E-state index in [4.69, 9.17) is 15.0 Å². The predicted molar refractivity (Wildman–Crippen MR) is 210 cm³/mol. The molecule has 5 aromatic rings. The van der Waals surface area contributed by atoms with E-state index in [1.165, 1.54) is 25.2 Å². The summed E-state index contributed by atoms with van der Waals surface area (Å²) in [6.45, 7) is 6.19. The van der Waals surface area contributed by atoms with Crippen molar-refractivity contribution >= 4 is 40.5 Å². The van der Waals surface area contributed by atoms with E-state index in [9.17, 15) is 0 Å². The van der Waals surface area contributed by atoms with Crippen molar-refractivity contribution in [3.63, 3.8) is 0 Å². The first kappa shape index (κ1) is 32.1. The van der Waals surface area contributed by atoms with E-state index in [1.54, 1.807) is 0 Å². The SMILES string of the molecule is C=C/C(=C\CC)c1cc(-c2ccccc2)nc(-c2ccc(C3=CC(c4ccc5c(c4)Sc4ccccc4S5)=NC(C4=CC=CCC4)N3)cc2)n1. The fourth-order valence-corrected chi connectivity index (χ4v) is 8.62. The van der Waals surface area contributed by atoms with Gasteiger partial charge in [-0.05, 0) is 72.4 Å². The molecule has 1 aromatic heterocycles. The van der Waals surface area contributed by atoms with Crippen molar-refractivity contribution in [2.45, 2.75) is 51.9 Å². The average molecular weight is 685 g/mol. The Kier molecular flexibility index (Phi) is 9.21. The Morgan fingerprint density at radius 1 is 0.800 bits per heavy atom. The summed E-state index contributed by atoms with van der Waals surface area (Å²) in [5, 5.41) is 3.76. The second-order valence-corrected chi connectivity index (χ2v) is 14.5. The van der Waals surface area contributed by atoms with Crippen molar-refractivity contribution in [3.8, 4) is 22.6 Å². The molecule has 50 heavy (non-hydrogen) atoms. The summed E-state index contributed by atoms with van der Waals surface area (Å²) in [7, 11) is 0. The van der Waals surface area contributed by atoms with Gasteiger partial charge in [-0.1, -0.05) is 140 Å². The van der Waals surface area contributed by atoms with Crippen LogP contribution in [0.5, 0.6) is 0 Å². The van der Waals surface area contributed by atoms with Gasteiger partial charge in [0.1, 0.15) is 6.17 Å². The molecule has 0 spiro atoms. The molecule has 0 fully saturated rings. The predicted octanol–water partition coefficient (Wildman–Crippen LogP) is 11.4. The number of aliphatic imine (C=N–C) groups is 1. The lowest BCUT2D eigenvalue weighted by atomic mass is 9.98.